The summed E-state index contributed by atoms with van der Waals surface area (Å²) in [6.07, 6.45) is 1.16. The van der Waals surface area contributed by atoms with Crippen molar-refractivity contribution in [1.82, 2.24) is 9.21 Å². The highest BCUT2D eigenvalue weighted by Crippen LogP contribution is 2.18. The second kappa shape index (κ2) is 8.23. The number of aryl methyl sites for hydroxylation is 3. The van der Waals surface area contributed by atoms with Crippen molar-refractivity contribution in [2.45, 2.75) is 31.6 Å². The van der Waals surface area contributed by atoms with Crippen molar-refractivity contribution in [2.75, 3.05) is 26.2 Å². The van der Waals surface area contributed by atoms with E-state index >= 15 is 0 Å². The number of hydrogen-bond acceptors (Lipinski definition) is 3. The molecule has 0 aromatic heterocycles. The van der Waals surface area contributed by atoms with Gasteiger partial charge in [-0.05, 0) is 38.0 Å². The van der Waals surface area contributed by atoms with E-state index in [1.54, 1.807) is 29.2 Å². The van der Waals surface area contributed by atoms with Gasteiger partial charge in [0.15, 0.2) is 0 Å². The van der Waals surface area contributed by atoms with Gasteiger partial charge in [0.25, 0.3) is 0 Å². The molecule has 5 nitrogen and oxygen atoms in total. The minimum absolute atomic E-state index is 0.0861. The predicted molar refractivity (Wildman–Crippen MR) is 106 cm³/mol. The Bertz CT molecular complexity index is 882. The van der Waals surface area contributed by atoms with Crippen LogP contribution in [0.25, 0.3) is 0 Å². The summed E-state index contributed by atoms with van der Waals surface area (Å²) in [5.41, 5.74) is 3.38. The Hall–Kier alpha value is -2.18. The molecule has 0 aliphatic carbocycles. The van der Waals surface area contributed by atoms with E-state index in [4.69, 9.17) is 0 Å². The van der Waals surface area contributed by atoms with Crippen LogP contribution in [0.2, 0.25) is 0 Å². The molecule has 2 aromatic rings. The van der Waals surface area contributed by atoms with Crippen LogP contribution in [0.15, 0.2) is 53.4 Å². The van der Waals surface area contributed by atoms with Gasteiger partial charge in [0, 0.05) is 32.6 Å². The lowest BCUT2D eigenvalue weighted by Crippen LogP contribution is -2.50. The number of hydrogen-bond donors (Lipinski definition) is 0. The van der Waals surface area contributed by atoms with E-state index in [2.05, 4.69) is 24.3 Å². The molecule has 1 fully saturated rings. The molecule has 0 saturated carbocycles. The molecule has 3 rings (SSSR count). The first-order valence-electron chi connectivity index (χ1n) is 9.26. The minimum Gasteiger partial charge on any atom is -0.340 e. The van der Waals surface area contributed by atoms with Gasteiger partial charge in [-0.25, -0.2) is 8.42 Å². The molecule has 0 spiro atoms. The standard InChI is InChI=1S/C21H26N2O3S/c1-17-3-7-19(8-4-17)9-12-21(24)22-13-15-23(16-14-22)27(25,26)20-10-5-18(2)6-11-20/h3-8,10-11H,9,12-16H2,1-2H3. The maximum Gasteiger partial charge on any atom is 0.243 e. The smallest absolute Gasteiger partial charge is 0.243 e. The quantitative estimate of drug-likeness (QED) is 0.794. The Labute approximate surface area is 161 Å². The maximum atomic E-state index is 12.7. The van der Waals surface area contributed by atoms with E-state index in [0.29, 0.717) is 43.9 Å². The van der Waals surface area contributed by atoms with E-state index in [9.17, 15) is 13.2 Å². The topological polar surface area (TPSA) is 57.7 Å². The molecule has 27 heavy (non-hydrogen) atoms. The lowest BCUT2D eigenvalue weighted by molar-refractivity contribution is -0.132. The van der Waals surface area contributed by atoms with Gasteiger partial charge in [0.1, 0.15) is 0 Å². The molecule has 1 aliphatic heterocycles. The third kappa shape index (κ3) is 4.76. The summed E-state index contributed by atoms with van der Waals surface area (Å²) in [4.78, 5) is 14.5. The van der Waals surface area contributed by atoms with Crippen molar-refractivity contribution < 1.29 is 13.2 Å². The van der Waals surface area contributed by atoms with Crippen LogP contribution < -0.4 is 0 Å². The fraction of sp³-hybridized carbons (Fsp3) is 0.381. The van der Waals surface area contributed by atoms with E-state index in [1.807, 2.05) is 13.8 Å². The normalized spacial score (nSPS) is 15.7. The van der Waals surface area contributed by atoms with Gasteiger partial charge in [0.2, 0.25) is 15.9 Å². The highest BCUT2D eigenvalue weighted by atomic mass is 32.2. The zero-order valence-corrected chi connectivity index (χ0v) is 16.7. The fourth-order valence-electron chi connectivity index (χ4n) is 3.20. The molecule has 1 amide bonds. The van der Waals surface area contributed by atoms with Crippen molar-refractivity contribution in [3.8, 4) is 0 Å². The summed E-state index contributed by atoms with van der Waals surface area (Å²) in [5.74, 6) is 0.0861. The van der Waals surface area contributed by atoms with Crippen LogP contribution in [-0.2, 0) is 21.2 Å². The van der Waals surface area contributed by atoms with Crippen LogP contribution >= 0.6 is 0 Å². The van der Waals surface area contributed by atoms with E-state index in [-0.39, 0.29) is 5.91 Å². The molecule has 1 saturated heterocycles. The molecule has 144 valence electrons. The molecular formula is C21H26N2O3S. The van der Waals surface area contributed by atoms with Gasteiger partial charge in [-0.2, -0.15) is 4.31 Å². The highest BCUT2D eigenvalue weighted by Gasteiger charge is 2.29. The largest absolute Gasteiger partial charge is 0.340 e. The predicted octanol–water partition coefficient (Wildman–Crippen LogP) is 2.77. The van der Waals surface area contributed by atoms with Crippen molar-refractivity contribution in [1.29, 1.82) is 0 Å². The van der Waals surface area contributed by atoms with Crippen LogP contribution in [0.4, 0.5) is 0 Å². The number of benzene rings is 2. The minimum atomic E-state index is -3.49. The molecule has 2 aromatic carbocycles. The first-order valence-corrected chi connectivity index (χ1v) is 10.7. The van der Waals surface area contributed by atoms with Gasteiger partial charge < -0.3 is 4.90 Å². The molecule has 0 N–H and O–H groups in total. The first kappa shape index (κ1) is 19.6. The molecule has 1 heterocycles. The lowest BCUT2D eigenvalue weighted by atomic mass is 10.1. The highest BCUT2D eigenvalue weighted by molar-refractivity contribution is 7.89. The Morgan fingerprint density at radius 2 is 1.37 bits per heavy atom. The number of piperazine rings is 1. The molecule has 6 heteroatoms. The van der Waals surface area contributed by atoms with Crippen molar-refractivity contribution in [3.63, 3.8) is 0 Å². The van der Waals surface area contributed by atoms with Crippen molar-refractivity contribution in [3.05, 3.63) is 65.2 Å². The number of rotatable bonds is 5. The Kier molecular flexibility index (Phi) is 5.97. The number of amides is 1. The maximum absolute atomic E-state index is 12.7. The monoisotopic (exact) mass is 386 g/mol. The third-order valence-electron chi connectivity index (χ3n) is 5.00. The van der Waals surface area contributed by atoms with E-state index < -0.39 is 10.0 Å². The molecule has 0 unspecified atom stereocenters. The average Bonchev–Trinajstić information content (AvgIpc) is 2.68. The summed E-state index contributed by atoms with van der Waals surface area (Å²) in [6, 6.07) is 15.1. The van der Waals surface area contributed by atoms with Crippen LogP contribution in [0, 0.1) is 13.8 Å². The van der Waals surface area contributed by atoms with Gasteiger partial charge in [-0.3, -0.25) is 4.79 Å². The van der Waals surface area contributed by atoms with Crippen LogP contribution in [0.1, 0.15) is 23.1 Å². The summed E-state index contributed by atoms with van der Waals surface area (Å²) in [7, 11) is -3.49. The van der Waals surface area contributed by atoms with Crippen LogP contribution in [0.3, 0.4) is 0 Å². The van der Waals surface area contributed by atoms with Crippen LogP contribution in [-0.4, -0.2) is 49.7 Å². The second-order valence-corrected chi connectivity index (χ2v) is 9.02. The summed E-state index contributed by atoms with van der Waals surface area (Å²) >= 11 is 0. The number of sulfonamides is 1. The Morgan fingerprint density at radius 3 is 1.93 bits per heavy atom. The van der Waals surface area contributed by atoms with Gasteiger partial charge in [-0.15, -0.1) is 0 Å². The van der Waals surface area contributed by atoms with Crippen LogP contribution in [0.5, 0.6) is 0 Å². The molecular weight excluding hydrogens is 360 g/mol. The molecule has 0 bridgehead atoms. The fourth-order valence-corrected chi connectivity index (χ4v) is 4.62. The summed E-state index contributed by atoms with van der Waals surface area (Å²) in [5, 5.41) is 0. The third-order valence-corrected chi connectivity index (χ3v) is 6.91. The van der Waals surface area contributed by atoms with Gasteiger partial charge in [-0.1, -0.05) is 47.5 Å². The summed E-state index contributed by atoms with van der Waals surface area (Å²) in [6.45, 7) is 5.53. The zero-order chi connectivity index (χ0) is 19.4. The van der Waals surface area contributed by atoms with Crippen molar-refractivity contribution >= 4 is 15.9 Å². The molecule has 1 aliphatic rings. The van der Waals surface area contributed by atoms with Crippen molar-refractivity contribution in [2.24, 2.45) is 0 Å². The Balaban J connectivity index is 1.54. The first-order chi connectivity index (χ1) is 12.9. The number of nitrogens with zero attached hydrogens (tertiary/aromatic N) is 2. The van der Waals surface area contributed by atoms with Gasteiger partial charge >= 0.3 is 0 Å². The number of carbonyl (C=O) groups excluding carboxylic acids is 1. The lowest BCUT2D eigenvalue weighted by Gasteiger charge is -2.34. The number of carbonyl (C=O) groups is 1. The van der Waals surface area contributed by atoms with E-state index in [0.717, 1.165) is 11.1 Å². The molecule has 0 atom stereocenters. The molecule has 0 radical (unpaired) electrons. The van der Waals surface area contributed by atoms with E-state index in [1.165, 1.54) is 9.87 Å². The summed E-state index contributed by atoms with van der Waals surface area (Å²) < 4.78 is 26.9. The second-order valence-electron chi connectivity index (χ2n) is 7.08. The Morgan fingerprint density at radius 1 is 0.852 bits per heavy atom. The zero-order valence-electron chi connectivity index (χ0n) is 15.9. The average molecular weight is 387 g/mol. The SMILES string of the molecule is Cc1ccc(CCC(=O)N2CCN(S(=O)(=O)c3ccc(C)cc3)CC2)cc1. The van der Waals surface area contributed by atoms with Gasteiger partial charge in [0.05, 0.1) is 4.90 Å².